The van der Waals surface area contributed by atoms with Crippen molar-refractivity contribution in [2.75, 3.05) is 0 Å². The number of hydrogen-bond donors (Lipinski definition) is 0. The van der Waals surface area contributed by atoms with E-state index in [2.05, 4.69) is 13.5 Å². The Morgan fingerprint density at radius 1 is 1.06 bits per heavy atom. The summed E-state index contributed by atoms with van der Waals surface area (Å²) in [5.41, 5.74) is 0.0648. The van der Waals surface area contributed by atoms with Gasteiger partial charge >= 0.3 is 17.1 Å². The minimum atomic E-state index is -1.19. The van der Waals surface area contributed by atoms with E-state index >= 15 is 0 Å². The molecule has 0 spiro atoms. The molecule has 0 heterocycles. The van der Waals surface area contributed by atoms with Gasteiger partial charge in [-0.25, -0.2) is 0 Å². The minimum absolute atomic E-state index is 0. The van der Waals surface area contributed by atoms with Gasteiger partial charge in [-0.2, -0.15) is 0 Å². The maximum absolute atomic E-state index is 9.92. The third-order valence-electron chi connectivity index (χ3n) is 1.83. The summed E-state index contributed by atoms with van der Waals surface area (Å²) < 4.78 is 0. The molecule has 1 radical (unpaired) electrons. The zero-order valence-electron chi connectivity index (χ0n) is 10.4. The topological polar surface area (TPSA) is 80.3 Å². The molecule has 0 unspecified atom stereocenters. The molecule has 5 heteroatoms. The maximum atomic E-state index is 9.92. The van der Waals surface area contributed by atoms with E-state index in [1.54, 1.807) is 0 Å². The molecule has 0 aromatic heterocycles. The van der Waals surface area contributed by atoms with Crippen molar-refractivity contribution >= 4 is 11.9 Å². The number of unbranched alkanes of at least 4 members (excludes halogenated alkanes) is 4. The molecule has 17 heavy (non-hydrogen) atoms. The SMILES string of the molecule is C=C(C)C(=O)[O-].CCCCCCCC(=O)[O-].[Cu+2]. The third-order valence-corrected chi connectivity index (χ3v) is 1.83. The van der Waals surface area contributed by atoms with Crippen LogP contribution in [-0.4, -0.2) is 11.9 Å². The quantitative estimate of drug-likeness (QED) is 0.386. The van der Waals surface area contributed by atoms with Crippen LogP contribution in [0, 0.1) is 0 Å². The molecule has 0 fully saturated rings. The first-order valence-corrected chi connectivity index (χ1v) is 5.48. The van der Waals surface area contributed by atoms with Crippen molar-refractivity contribution in [1.29, 1.82) is 0 Å². The van der Waals surface area contributed by atoms with Gasteiger partial charge in [0.25, 0.3) is 0 Å². The van der Waals surface area contributed by atoms with Gasteiger partial charge in [0, 0.05) is 5.97 Å². The largest absolute Gasteiger partial charge is 2.00 e. The fourth-order valence-corrected chi connectivity index (χ4v) is 0.873. The fraction of sp³-hybridized carbons (Fsp3) is 0.667. The van der Waals surface area contributed by atoms with E-state index < -0.39 is 11.9 Å². The molecule has 0 N–H and O–H groups in total. The fourth-order valence-electron chi connectivity index (χ4n) is 0.873. The maximum Gasteiger partial charge on any atom is 2.00 e. The minimum Gasteiger partial charge on any atom is -0.550 e. The summed E-state index contributed by atoms with van der Waals surface area (Å²) in [6, 6.07) is 0. The summed E-state index contributed by atoms with van der Waals surface area (Å²) in [5.74, 6) is -2.11. The van der Waals surface area contributed by atoms with Gasteiger partial charge in [-0.3, -0.25) is 0 Å². The molecule has 103 valence electrons. The number of carbonyl (C=O) groups is 2. The van der Waals surface area contributed by atoms with Crippen molar-refractivity contribution in [3.63, 3.8) is 0 Å². The van der Waals surface area contributed by atoms with E-state index in [1.807, 2.05) is 0 Å². The van der Waals surface area contributed by atoms with E-state index in [1.165, 1.54) is 19.8 Å². The second-order valence-electron chi connectivity index (χ2n) is 3.60. The first-order valence-electron chi connectivity index (χ1n) is 5.48. The van der Waals surface area contributed by atoms with Gasteiger partial charge in [0.2, 0.25) is 0 Å². The van der Waals surface area contributed by atoms with Gasteiger partial charge < -0.3 is 19.8 Å². The Morgan fingerprint density at radius 2 is 1.47 bits per heavy atom. The van der Waals surface area contributed by atoms with Gasteiger partial charge in [0.15, 0.2) is 0 Å². The smallest absolute Gasteiger partial charge is 0.550 e. The van der Waals surface area contributed by atoms with Gasteiger partial charge in [-0.1, -0.05) is 39.2 Å². The summed E-state index contributed by atoms with van der Waals surface area (Å²) in [4.78, 5) is 19.4. The molecule has 0 saturated heterocycles. The van der Waals surface area contributed by atoms with Crippen LogP contribution in [0.2, 0.25) is 0 Å². The molecular weight excluding hydrogens is 272 g/mol. The van der Waals surface area contributed by atoms with Crippen LogP contribution in [-0.2, 0) is 26.7 Å². The van der Waals surface area contributed by atoms with Crippen molar-refractivity contribution in [3.8, 4) is 0 Å². The molecule has 0 bridgehead atoms. The van der Waals surface area contributed by atoms with Crippen LogP contribution in [0.5, 0.6) is 0 Å². The number of carbonyl (C=O) groups excluding carboxylic acids is 2. The van der Waals surface area contributed by atoms with Crippen molar-refractivity contribution in [2.24, 2.45) is 0 Å². The Hall–Kier alpha value is -0.801. The normalized spacial score (nSPS) is 8.35. The number of rotatable bonds is 7. The molecule has 0 aliphatic heterocycles. The summed E-state index contributed by atoms with van der Waals surface area (Å²) in [5, 5.41) is 19.4. The van der Waals surface area contributed by atoms with Crippen molar-refractivity contribution in [3.05, 3.63) is 12.2 Å². The average molecular weight is 292 g/mol. The standard InChI is InChI=1S/C8H16O2.C4H6O2.Cu/c1-2-3-4-5-6-7-8(9)10;1-3(2)4(5)6;/h2-7H2,1H3,(H,9,10);1H2,2H3,(H,5,6);/q;;+2/p-2. The second kappa shape index (κ2) is 15.2. The van der Waals surface area contributed by atoms with Crippen LogP contribution in [0.25, 0.3) is 0 Å². The van der Waals surface area contributed by atoms with Gasteiger partial charge in [0.05, 0.1) is 5.97 Å². The van der Waals surface area contributed by atoms with Crippen LogP contribution in [0.4, 0.5) is 0 Å². The molecule has 0 aliphatic carbocycles. The van der Waals surface area contributed by atoms with Crippen molar-refractivity contribution in [1.82, 2.24) is 0 Å². The average Bonchev–Trinajstić information content (AvgIpc) is 2.18. The number of carboxylic acid groups (broad SMARTS) is 2. The number of carboxylic acids is 2. The molecule has 0 amide bonds. The van der Waals surface area contributed by atoms with Crippen LogP contribution in [0.15, 0.2) is 12.2 Å². The first kappa shape index (κ1) is 21.5. The molecule has 0 aromatic carbocycles. The van der Waals surface area contributed by atoms with Crippen LogP contribution in [0.1, 0.15) is 52.4 Å². The van der Waals surface area contributed by atoms with Gasteiger partial charge in [-0.05, 0) is 25.3 Å². The summed E-state index contributed by atoms with van der Waals surface area (Å²) in [6.07, 6.45) is 5.61. The Labute approximate surface area is 114 Å². The van der Waals surface area contributed by atoms with Gasteiger partial charge in [0.1, 0.15) is 0 Å². The second-order valence-corrected chi connectivity index (χ2v) is 3.60. The molecule has 0 rings (SSSR count). The van der Waals surface area contributed by atoms with E-state index in [9.17, 15) is 19.8 Å². The van der Waals surface area contributed by atoms with Crippen LogP contribution < -0.4 is 10.2 Å². The predicted molar refractivity (Wildman–Crippen MR) is 58.2 cm³/mol. The summed E-state index contributed by atoms with van der Waals surface area (Å²) in [6.45, 7) is 6.61. The van der Waals surface area contributed by atoms with E-state index in [0.717, 1.165) is 19.3 Å². The van der Waals surface area contributed by atoms with Crippen molar-refractivity contribution in [2.45, 2.75) is 52.4 Å². The molecule has 4 nitrogen and oxygen atoms in total. The Bertz CT molecular complexity index is 215. The van der Waals surface area contributed by atoms with E-state index in [4.69, 9.17) is 0 Å². The number of aliphatic carboxylic acids is 2. The van der Waals surface area contributed by atoms with Crippen molar-refractivity contribution < 1.29 is 36.9 Å². The zero-order valence-corrected chi connectivity index (χ0v) is 11.3. The molecule has 0 aliphatic rings. The summed E-state index contributed by atoms with van der Waals surface area (Å²) in [7, 11) is 0. The molecule has 0 atom stereocenters. The molecular formula is C12H20CuO4. The third kappa shape index (κ3) is 25.5. The Kier molecular flexibility index (Phi) is 19.2. The van der Waals surface area contributed by atoms with Crippen LogP contribution >= 0.6 is 0 Å². The van der Waals surface area contributed by atoms with Gasteiger partial charge in [-0.15, -0.1) is 0 Å². The Morgan fingerprint density at radius 3 is 1.76 bits per heavy atom. The van der Waals surface area contributed by atoms with E-state index in [-0.39, 0.29) is 29.1 Å². The zero-order chi connectivity index (χ0) is 13.0. The summed E-state index contributed by atoms with van der Waals surface area (Å²) >= 11 is 0. The van der Waals surface area contributed by atoms with Crippen LogP contribution in [0.3, 0.4) is 0 Å². The number of hydrogen-bond acceptors (Lipinski definition) is 4. The monoisotopic (exact) mass is 291 g/mol. The van der Waals surface area contributed by atoms with E-state index in [0.29, 0.717) is 0 Å². The Balaban J connectivity index is -0.000000244. The first-order chi connectivity index (χ1) is 7.41. The molecule has 0 saturated carbocycles. The molecule has 0 aromatic rings. The predicted octanol–water partition coefficient (Wildman–Crippen LogP) is 0.407.